The molecule has 0 radical (unpaired) electrons. The number of carbonyl (C=O) groups excluding carboxylic acids is 1. The third-order valence-electron chi connectivity index (χ3n) is 3.09. The molecule has 1 aromatic rings. The van der Waals surface area contributed by atoms with Gasteiger partial charge in [0.2, 0.25) is 0 Å². The molecular weight excluding hydrogens is 235 g/mol. The second kappa shape index (κ2) is 5.30. The Hall–Kier alpha value is -1.69. The number of anilines is 1. The van der Waals surface area contributed by atoms with E-state index in [9.17, 15) is 9.18 Å². The van der Waals surface area contributed by atoms with E-state index in [1.165, 1.54) is 0 Å². The van der Waals surface area contributed by atoms with E-state index in [1.54, 1.807) is 0 Å². The number of pyridine rings is 1. The number of likely N-dealkylation sites (N-methyl/N-ethyl adjacent to an activating group) is 1. The van der Waals surface area contributed by atoms with Crippen LogP contribution in [0.4, 0.5) is 10.2 Å². The van der Waals surface area contributed by atoms with Gasteiger partial charge in [0.05, 0.1) is 11.8 Å². The van der Waals surface area contributed by atoms with Crippen molar-refractivity contribution < 1.29 is 9.18 Å². The van der Waals surface area contributed by atoms with Gasteiger partial charge in [0, 0.05) is 12.6 Å². The molecule has 0 aliphatic carbocycles. The van der Waals surface area contributed by atoms with Crippen molar-refractivity contribution in [3.63, 3.8) is 0 Å². The van der Waals surface area contributed by atoms with E-state index in [4.69, 9.17) is 5.73 Å². The van der Waals surface area contributed by atoms with Crippen molar-refractivity contribution in [1.29, 1.82) is 0 Å². The highest BCUT2D eigenvalue weighted by atomic mass is 19.1. The van der Waals surface area contributed by atoms with Crippen molar-refractivity contribution in [2.45, 2.75) is 18.9 Å². The molecule has 18 heavy (non-hydrogen) atoms. The van der Waals surface area contributed by atoms with Crippen LogP contribution in [0.3, 0.4) is 0 Å². The molecule has 1 saturated heterocycles. The first-order chi connectivity index (χ1) is 8.56. The summed E-state index contributed by atoms with van der Waals surface area (Å²) in [5, 5.41) is 2.87. The Balaban J connectivity index is 2.05. The van der Waals surface area contributed by atoms with Gasteiger partial charge in [-0.3, -0.25) is 4.79 Å². The number of amides is 1. The molecule has 0 spiro atoms. The first-order valence-electron chi connectivity index (χ1n) is 5.96. The third kappa shape index (κ3) is 2.95. The average Bonchev–Trinajstić information content (AvgIpc) is 2.32. The minimum atomic E-state index is -0.560. The lowest BCUT2D eigenvalue weighted by molar-refractivity contribution is 0.0912. The van der Waals surface area contributed by atoms with Crippen LogP contribution in [0.1, 0.15) is 23.2 Å². The second-order valence-electron chi connectivity index (χ2n) is 4.66. The van der Waals surface area contributed by atoms with Crippen LogP contribution >= 0.6 is 0 Å². The highest BCUT2D eigenvalue weighted by molar-refractivity contribution is 5.98. The average molecular weight is 252 g/mol. The maximum Gasteiger partial charge on any atom is 0.255 e. The number of hydrogen-bond acceptors (Lipinski definition) is 4. The molecule has 1 aliphatic rings. The van der Waals surface area contributed by atoms with Gasteiger partial charge in [0.25, 0.3) is 5.91 Å². The summed E-state index contributed by atoms with van der Waals surface area (Å²) in [6.45, 7) is 1.84. The van der Waals surface area contributed by atoms with Crippen LogP contribution in [0.25, 0.3) is 0 Å². The number of nitrogens with zero attached hydrogens (tertiary/aromatic N) is 2. The van der Waals surface area contributed by atoms with E-state index >= 15 is 0 Å². The number of carbonyl (C=O) groups is 1. The van der Waals surface area contributed by atoms with Crippen molar-refractivity contribution in [3.8, 4) is 0 Å². The first kappa shape index (κ1) is 12.8. The molecule has 1 aliphatic heterocycles. The van der Waals surface area contributed by atoms with Crippen molar-refractivity contribution >= 4 is 11.7 Å². The van der Waals surface area contributed by atoms with E-state index in [2.05, 4.69) is 15.2 Å². The lowest BCUT2D eigenvalue weighted by atomic mass is 10.1. The molecule has 1 amide bonds. The Kier molecular flexibility index (Phi) is 3.76. The van der Waals surface area contributed by atoms with E-state index < -0.39 is 5.82 Å². The van der Waals surface area contributed by atoms with E-state index in [-0.39, 0.29) is 23.3 Å². The van der Waals surface area contributed by atoms with Gasteiger partial charge in [0.1, 0.15) is 11.6 Å². The first-order valence-corrected chi connectivity index (χ1v) is 5.96. The van der Waals surface area contributed by atoms with Crippen LogP contribution in [0.15, 0.2) is 12.3 Å². The summed E-state index contributed by atoms with van der Waals surface area (Å²) in [6.07, 6.45) is 2.97. The zero-order valence-corrected chi connectivity index (χ0v) is 10.3. The predicted octanol–water partition coefficient (Wildman–Crippen LogP) is 0.627. The number of piperidine rings is 1. The molecule has 2 rings (SSSR count). The van der Waals surface area contributed by atoms with Crippen molar-refractivity contribution in [2.75, 3.05) is 25.9 Å². The molecule has 1 aromatic heterocycles. The van der Waals surface area contributed by atoms with E-state index in [0.29, 0.717) is 0 Å². The predicted molar refractivity (Wildman–Crippen MR) is 66.6 cm³/mol. The molecule has 1 unspecified atom stereocenters. The quantitative estimate of drug-likeness (QED) is 0.809. The molecule has 5 nitrogen and oxygen atoms in total. The van der Waals surface area contributed by atoms with Gasteiger partial charge in [-0.15, -0.1) is 0 Å². The number of halogens is 1. The van der Waals surface area contributed by atoms with Crippen molar-refractivity contribution in [2.24, 2.45) is 0 Å². The number of rotatable bonds is 2. The third-order valence-corrected chi connectivity index (χ3v) is 3.09. The lowest BCUT2D eigenvalue weighted by Crippen LogP contribution is -2.46. The summed E-state index contributed by atoms with van der Waals surface area (Å²) in [5.41, 5.74) is 5.67. The minimum Gasteiger partial charge on any atom is -0.383 e. The van der Waals surface area contributed by atoms with Gasteiger partial charge in [-0.05, 0) is 32.5 Å². The maximum absolute atomic E-state index is 13.0. The zero-order chi connectivity index (χ0) is 13.1. The van der Waals surface area contributed by atoms with Gasteiger partial charge in [-0.2, -0.15) is 0 Å². The fraction of sp³-hybridized carbons (Fsp3) is 0.500. The maximum atomic E-state index is 13.0. The summed E-state index contributed by atoms with van der Waals surface area (Å²) in [7, 11) is 2.01. The summed E-state index contributed by atoms with van der Waals surface area (Å²) in [5.74, 6) is -0.868. The SMILES string of the molecule is CN1CCCC(NC(=O)c2cc(F)cnc2N)C1. The van der Waals surface area contributed by atoms with E-state index in [1.807, 2.05) is 7.05 Å². The van der Waals surface area contributed by atoms with Crippen LogP contribution in [-0.4, -0.2) is 42.0 Å². The lowest BCUT2D eigenvalue weighted by Gasteiger charge is -2.30. The van der Waals surface area contributed by atoms with Gasteiger partial charge in [-0.1, -0.05) is 0 Å². The number of hydrogen-bond donors (Lipinski definition) is 2. The molecular formula is C12H17FN4O. The molecule has 98 valence electrons. The number of nitrogens with one attached hydrogen (secondary N) is 1. The topological polar surface area (TPSA) is 71.2 Å². The second-order valence-corrected chi connectivity index (χ2v) is 4.66. The van der Waals surface area contributed by atoms with Crippen LogP contribution in [0, 0.1) is 5.82 Å². The van der Waals surface area contributed by atoms with Gasteiger partial charge in [-0.25, -0.2) is 9.37 Å². The highest BCUT2D eigenvalue weighted by Crippen LogP contribution is 2.12. The Labute approximate surface area is 105 Å². The monoisotopic (exact) mass is 252 g/mol. The number of aromatic nitrogens is 1. The summed E-state index contributed by atoms with van der Waals surface area (Å²) in [6, 6.07) is 1.20. The number of likely N-dealkylation sites (tertiary alicyclic amines) is 1. The summed E-state index contributed by atoms with van der Waals surface area (Å²) >= 11 is 0. The Bertz CT molecular complexity index is 452. The Morgan fingerprint density at radius 1 is 1.67 bits per heavy atom. The molecule has 1 atom stereocenters. The molecule has 0 saturated carbocycles. The molecule has 0 aromatic carbocycles. The summed E-state index contributed by atoms with van der Waals surface area (Å²) in [4.78, 5) is 17.8. The van der Waals surface area contributed by atoms with Gasteiger partial charge < -0.3 is 16.0 Å². The fourth-order valence-electron chi connectivity index (χ4n) is 2.18. The molecule has 6 heteroatoms. The van der Waals surface area contributed by atoms with Crippen molar-refractivity contribution in [3.05, 3.63) is 23.6 Å². The normalized spacial score (nSPS) is 20.7. The molecule has 2 heterocycles. The Morgan fingerprint density at radius 3 is 3.17 bits per heavy atom. The minimum absolute atomic E-state index is 0.0538. The standard InChI is InChI=1S/C12H17FN4O/c1-17-4-2-3-9(7-17)16-12(18)10-5-8(13)6-15-11(10)14/h5-6,9H,2-4,7H2,1H3,(H2,14,15)(H,16,18). The smallest absolute Gasteiger partial charge is 0.255 e. The largest absolute Gasteiger partial charge is 0.383 e. The van der Waals surface area contributed by atoms with Crippen LogP contribution in [0.5, 0.6) is 0 Å². The molecule has 1 fully saturated rings. The Morgan fingerprint density at radius 2 is 2.44 bits per heavy atom. The van der Waals surface area contributed by atoms with Gasteiger partial charge >= 0.3 is 0 Å². The van der Waals surface area contributed by atoms with Crippen molar-refractivity contribution in [1.82, 2.24) is 15.2 Å². The van der Waals surface area contributed by atoms with Crippen LogP contribution < -0.4 is 11.1 Å². The van der Waals surface area contributed by atoms with Gasteiger partial charge in [0.15, 0.2) is 0 Å². The number of nitrogens with two attached hydrogens (primary N) is 1. The number of nitrogen functional groups attached to an aromatic ring is 1. The fourth-order valence-corrected chi connectivity index (χ4v) is 2.18. The highest BCUT2D eigenvalue weighted by Gasteiger charge is 2.21. The van der Waals surface area contributed by atoms with E-state index in [0.717, 1.165) is 38.2 Å². The van der Waals surface area contributed by atoms with Crippen LogP contribution in [-0.2, 0) is 0 Å². The zero-order valence-electron chi connectivity index (χ0n) is 10.3. The van der Waals surface area contributed by atoms with Crippen LogP contribution in [0.2, 0.25) is 0 Å². The molecule has 0 bridgehead atoms. The summed E-state index contributed by atoms with van der Waals surface area (Å²) < 4.78 is 13.0. The molecule has 3 N–H and O–H groups in total.